The number of ether oxygens (including phenoxy) is 2. The van der Waals surface area contributed by atoms with Crippen molar-refractivity contribution in [2.45, 2.75) is 50.7 Å². The molecule has 3 aromatic carbocycles. The highest BCUT2D eigenvalue weighted by atomic mass is 35.5. The minimum absolute atomic E-state index is 0.0176. The van der Waals surface area contributed by atoms with Gasteiger partial charge >= 0.3 is 0 Å². The maximum atomic E-state index is 13.8. The Morgan fingerprint density at radius 1 is 1.14 bits per heavy atom. The summed E-state index contributed by atoms with van der Waals surface area (Å²) < 4.78 is 40.5. The van der Waals surface area contributed by atoms with Crippen molar-refractivity contribution in [1.82, 2.24) is 5.32 Å². The van der Waals surface area contributed by atoms with Crippen LogP contribution in [0.2, 0.25) is 5.02 Å². The van der Waals surface area contributed by atoms with Gasteiger partial charge in [0.15, 0.2) is 0 Å². The Hall–Kier alpha value is -3.23. The van der Waals surface area contributed by atoms with Gasteiger partial charge in [0.05, 0.1) is 23.2 Å². The second-order valence-corrected chi connectivity index (χ2v) is 11.9. The lowest BCUT2D eigenvalue weighted by molar-refractivity contribution is -0.120. The normalized spacial score (nSPS) is 16.3. The monoisotopic (exact) mass is 542 g/mol. The van der Waals surface area contributed by atoms with Gasteiger partial charge in [0, 0.05) is 17.0 Å². The SMILES string of the molecule is CCOc1ccccc1N(CC(=O)NC1CC(C)(C)Oc2cc(C)ccc21)S(=O)(=O)c1ccc(Cl)cc1. The van der Waals surface area contributed by atoms with Gasteiger partial charge in [0.1, 0.15) is 23.6 Å². The van der Waals surface area contributed by atoms with Gasteiger partial charge in [-0.15, -0.1) is 0 Å². The van der Waals surface area contributed by atoms with Crippen LogP contribution < -0.4 is 19.1 Å². The third-order valence-electron chi connectivity index (χ3n) is 6.08. The Kier molecular flexibility index (Phi) is 7.71. The van der Waals surface area contributed by atoms with Crippen LogP contribution in [-0.4, -0.2) is 33.1 Å². The smallest absolute Gasteiger partial charge is 0.264 e. The van der Waals surface area contributed by atoms with Crippen LogP contribution in [-0.2, 0) is 14.8 Å². The zero-order chi connectivity index (χ0) is 26.8. The lowest BCUT2D eigenvalue weighted by Crippen LogP contribution is -2.45. The molecule has 0 radical (unpaired) electrons. The summed E-state index contributed by atoms with van der Waals surface area (Å²) in [5.41, 5.74) is 1.68. The maximum Gasteiger partial charge on any atom is 0.264 e. The molecule has 0 fully saturated rings. The number of nitrogens with zero attached hydrogens (tertiary/aromatic N) is 1. The fourth-order valence-corrected chi connectivity index (χ4v) is 5.99. The molecule has 9 heteroatoms. The number of sulfonamides is 1. The molecule has 1 aliphatic heterocycles. The molecule has 0 saturated heterocycles. The fraction of sp³-hybridized carbons (Fsp3) is 0.321. The summed E-state index contributed by atoms with van der Waals surface area (Å²) in [6, 6.07) is 18.1. The number of carbonyl (C=O) groups is 1. The summed E-state index contributed by atoms with van der Waals surface area (Å²) in [4.78, 5) is 13.5. The number of benzene rings is 3. The van der Waals surface area contributed by atoms with Crippen LogP contribution in [0.5, 0.6) is 11.5 Å². The average molecular weight is 543 g/mol. The second-order valence-electron chi connectivity index (χ2n) is 9.59. The third kappa shape index (κ3) is 6.02. The van der Waals surface area contributed by atoms with Crippen molar-refractivity contribution in [1.29, 1.82) is 0 Å². The summed E-state index contributed by atoms with van der Waals surface area (Å²) in [5.74, 6) is 0.635. The van der Waals surface area contributed by atoms with Crippen molar-refractivity contribution in [3.8, 4) is 11.5 Å². The summed E-state index contributed by atoms with van der Waals surface area (Å²) in [6.07, 6.45) is 0.536. The molecule has 1 N–H and O–H groups in total. The van der Waals surface area contributed by atoms with Crippen molar-refractivity contribution in [2.75, 3.05) is 17.5 Å². The molecule has 4 rings (SSSR count). The Morgan fingerprint density at radius 2 is 1.84 bits per heavy atom. The van der Waals surface area contributed by atoms with E-state index in [1.54, 1.807) is 24.3 Å². The summed E-state index contributed by atoms with van der Waals surface area (Å²) in [7, 11) is -4.13. The van der Waals surface area contributed by atoms with Gasteiger partial charge in [-0.2, -0.15) is 0 Å². The van der Waals surface area contributed by atoms with E-state index in [-0.39, 0.29) is 16.6 Å². The van der Waals surface area contributed by atoms with E-state index in [0.717, 1.165) is 15.4 Å². The number of hydrogen-bond donors (Lipinski definition) is 1. The molecule has 0 aromatic heterocycles. The van der Waals surface area contributed by atoms with Gasteiger partial charge < -0.3 is 14.8 Å². The molecule has 196 valence electrons. The molecule has 0 spiro atoms. The first-order chi connectivity index (χ1) is 17.5. The van der Waals surface area contributed by atoms with Gasteiger partial charge in [0.25, 0.3) is 10.0 Å². The number of nitrogens with one attached hydrogen (secondary N) is 1. The van der Waals surface area contributed by atoms with Crippen molar-refractivity contribution < 1.29 is 22.7 Å². The van der Waals surface area contributed by atoms with Gasteiger partial charge in [-0.05, 0) is 75.7 Å². The molecule has 0 saturated carbocycles. The highest BCUT2D eigenvalue weighted by molar-refractivity contribution is 7.92. The van der Waals surface area contributed by atoms with Crippen LogP contribution in [0.1, 0.15) is 44.4 Å². The van der Waals surface area contributed by atoms with Crippen molar-refractivity contribution in [3.63, 3.8) is 0 Å². The third-order valence-corrected chi connectivity index (χ3v) is 8.11. The summed E-state index contributed by atoms with van der Waals surface area (Å²) in [6.45, 7) is 7.63. The topological polar surface area (TPSA) is 84.9 Å². The molecule has 37 heavy (non-hydrogen) atoms. The van der Waals surface area contributed by atoms with E-state index in [1.165, 1.54) is 24.3 Å². The number of para-hydroxylation sites is 2. The predicted molar refractivity (Wildman–Crippen MR) is 145 cm³/mol. The number of halogens is 1. The average Bonchev–Trinajstić information content (AvgIpc) is 2.82. The van der Waals surface area contributed by atoms with Crippen molar-refractivity contribution >= 4 is 33.2 Å². The summed E-state index contributed by atoms with van der Waals surface area (Å²) in [5, 5.41) is 3.46. The first-order valence-corrected chi connectivity index (χ1v) is 13.9. The van der Waals surface area contributed by atoms with Gasteiger partial charge in [0.2, 0.25) is 5.91 Å². The highest BCUT2D eigenvalue weighted by Crippen LogP contribution is 2.40. The van der Waals surface area contributed by atoms with E-state index in [9.17, 15) is 13.2 Å². The van der Waals surface area contributed by atoms with Crippen LogP contribution in [0.4, 0.5) is 5.69 Å². The Balaban J connectivity index is 1.69. The highest BCUT2D eigenvalue weighted by Gasteiger charge is 2.36. The number of aryl methyl sites for hydroxylation is 1. The standard InChI is InChI=1S/C28H31ClN2O5S/c1-5-35-25-9-7-6-8-24(25)31(37(33,34)21-13-11-20(29)12-14-21)18-27(32)30-23-17-28(3,4)36-26-16-19(2)10-15-22(23)26/h6-16,23H,5,17-18H2,1-4H3,(H,30,32). The Morgan fingerprint density at radius 3 is 2.54 bits per heavy atom. The zero-order valence-corrected chi connectivity index (χ0v) is 22.9. The quantitative estimate of drug-likeness (QED) is 0.397. The number of fused-ring (bicyclic) bond motifs is 1. The predicted octanol–water partition coefficient (Wildman–Crippen LogP) is 5.66. The Bertz CT molecular complexity index is 1390. The van der Waals surface area contributed by atoms with Crippen LogP contribution in [0.15, 0.2) is 71.6 Å². The number of carbonyl (C=O) groups excluding carboxylic acids is 1. The number of anilines is 1. The number of hydrogen-bond acceptors (Lipinski definition) is 5. The van der Waals surface area contributed by atoms with Crippen molar-refractivity contribution in [2.24, 2.45) is 0 Å². The minimum atomic E-state index is -4.13. The first kappa shape index (κ1) is 26.8. The van der Waals surface area contributed by atoms with Crippen LogP contribution in [0, 0.1) is 6.92 Å². The Labute approximate surface area is 223 Å². The van der Waals surface area contributed by atoms with Crippen LogP contribution >= 0.6 is 11.6 Å². The minimum Gasteiger partial charge on any atom is -0.492 e. The van der Waals surface area contributed by atoms with Crippen LogP contribution in [0.3, 0.4) is 0 Å². The molecule has 0 bridgehead atoms. The van der Waals surface area contributed by atoms with E-state index in [4.69, 9.17) is 21.1 Å². The van der Waals surface area contributed by atoms with Gasteiger partial charge in [-0.3, -0.25) is 9.10 Å². The van der Waals surface area contributed by atoms with Gasteiger partial charge in [-0.1, -0.05) is 35.9 Å². The van der Waals surface area contributed by atoms with Gasteiger partial charge in [-0.25, -0.2) is 8.42 Å². The van der Waals surface area contributed by atoms with E-state index in [1.807, 2.05) is 45.9 Å². The molecule has 1 amide bonds. The molecule has 1 unspecified atom stereocenters. The van der Waals surface area contributed by atoms with Crippen molar-refractivity contribution in [3.05, 3.63) is 82.9 Å². The number of amides is 1. The molecule has 3 aromatic rings. The fourth-order valence-electron chi connectivity index (χ4n) is 4.43. The zero-order valence-electron chi connectivity index (χ0n) is 21.3. The first-order valence-electron chi connectivity index (χ1n) is 12.1. The maximum absolute atomic E-state index is 13.8. The summed E-state index contributed by atoms with van der Waals surface area (Å²) >= 11 is 5.99. The van der Waals surface area contributed by atoms with E-state index < -0.39 is 28.1 Å². The lowest BCUT2D eigenvalue weighted by Gasteiger charge is -2.38. The number of rotatable bonds is 8. The lowest BCUT2D eigenvalue weighted by atomic mass is 9.89. The molecule has 1 heterocycles. The molecular weight excluding hydrogens is 512 g/mol. The largest absolute Gasteiger partial charge is 0.492 e. The molecular formula is C28H31ClN2O5S. The van der Waals surface area contributed by atoms with E-state index in [2.05, 4.69) is 5.32 Å². The van der Waals surface area contributed by atoms with E-state index in [0.29, 0.717) is 29.5 Å². The second kappa shape index (κ2) is 10.6. The van der Waals surface area contributed by atoms with Crippen LogP contribution in [0.25, 0.3) is 0 Å². The van der Waals surface area contributed by atoms with E-state index >= 15 is 0 Å². The molecule has 7 nitrogen and oxygen atoms in total. The molecule has 1 aliphatic rings. The molecule has 0 aliphatic carbocycles. The molecule has 1 atom stereocenters.